The number of carbonyl (C=O) groups excluding carboxylic acids is 2. The first-order chi connectivity index (χ1) is 29.9. The largest absolute Gasteiger partial charge is 0.497 e. The van der Waals surface area contributed by atoms with E-state index in [2.05, 4.69) is 51.0 Å². The number of hydrogen-bond donors (Lipinski definition) is 5. The summed E-state index contributed by atoms with van der Waals surface area (Å²) in [5, 5.41) is 13.9. The maximum Gasteiger partial charge on any atom is 0.442 e. The van der Waals surface area contributed by atoms with Gasteiger partial charge in [-0.25, -0.2) is 4.98 Å². The van der Waals surface area contributed by atoms with Crippen molar-refractivity contribution < 1.29 is 32.1 Å². The standard InChI is InChI=1S/C44H45N11O6/c1-4-6-36-27(5-2)21-37(59-36)38-24-49-43(60-38)41(56)51-33-23-47-12-10-35(33)54-18-15-48-40(26-54)55-25-39(31-20-28-19-29(58-3)7-8-30(28)50-31)61-44(55)42(57)52-32-22-46-11-9-34(32)53-16-13-45-14-17-53/h4,6-12,19-25,40,45,48H,5,13-18,26H2,1-3H3,(H2-,50,51,52,56,57)/p+1. The second-order valence-electron chi connectivity index (χ2n) is 14.7. The van der Waals surface area contributed by atoms with Gasteiger partial charge >= 0.3 is 17.7 Å². The zero-order valence-corrected chi connectivity index (χ0v) is 34.0. The maximum atomic E-state index is 14.4. The molecule has 17 heteroatoms. The molecule has 0 saturated carbocycles. The predicted molar refractivity (Wildman–Crippen MR) is 230 cm³/mol. The van der Waals surface area contributed by atoms with E-state index in [4.69, 9.17) is 18.0 Å². The lowest BCUT2D eigenvalue weighted by Gasteiger charge is -2.33. The molecule has 7 aromatic rings. The Morgan fingerprint density at radius 3 is 2.39 bits per heavy atom. The van der Waals surface area contributed by atoms with Crippen molar-refractivity contribution in [2.24, 2.45) is 0 Å². The number of anilines is 4. The van der Waals surface area contributed by atoms with Gasteiger partial charge in [0.25, 0.3) is 5.89 Å². The third-order valence-corrected chi connectivity index (χ3v) is 10.9. The molecule has 8 heterocycles. The number of hydrogen-bond acceptors (Lipinski definition) is 13. The highest BCUT2D eigenvalue weighted by Crippen LogP contribution is 2.32. The summed E-state index contributed by atoms with van der Waals surface area (Å²) in [5.41, 5.74) is 5.27. The monoisotopic (exact) mass is 824 g/mol. The normalized spacial score (nSPS) is 15.8. The van der Waals surface area contributed by atoms with Crippen molar-refractivity contribution >= 4 is 51.5 Å². The van der Waals surface area contributed by atoms with Crippen LogP contribution in [0.25, 0.3) is 40.0 Å². The summed E-state index contributed by atoms with van der Waals surface area (Å²) in [5.74, 6) is 1.76. The van der Waals surface area contributed by atoms with Crippen molar-refractivity contribution in [1.29, 1.82) is 0 Å². The van der Waals surface area contributed by atoms with Crippen LogP contribution in [-0.4, -0.2) is 84.7 Å². The molecule has 1 unspecified atom stereocenters. The van der Waals surface area contributed by atoms with Gasteiger partial charge in [-0.2, -0.15) is 0 Å². The minimum atomic E-state index is -0.539. The number of aromatic amines is 1. The van der Waals surface area contributed by atoms with Gasteiger partial charge < -0.3 is 48.7 Å². The molecule has 2 fully saturated rings. The van der Waals surface area contributed by atoms with Crippen LogP contribution in [0, 0.1) is 0 Å². The lowest BCUT2D eigenvalue weighted by atomic mass is 10.2. The fraction of sp³-hybridized carbons (Fsp3) is 0.273. The number of amides is 2. The van der Waals surface area contributed by atoms with Crippen LogP contribution in [0.3, 0.4) is 0 Å². The Morgan fingerprint density at radius 1 is 0.885 bits per heavy atom. The predicted octanol–water partition coefficient (Wildman–Crippen LogP) is 5.88. The first kappa shape index (κ1) is 39.2. The highest BCUT2D eigenvalue weighted by atomic mass is 16.5. The molecule has 2 aliphatic rings. The van der Waals surface area contributed by atoms with Crippen LogP contribution in [0.4, 0.5) is 22.7 Å². The molecule has 2 saturated heterocycles. The van der Waals surface area contributed by atoms with Gasteiger partial charge in [0.15, 0.2) is 11.5 Å². The van der Waals surface area contributed by atoms with E-state index in [-0.39, 0.29) is 11.8 Å². The Labute approximate surface area is 350 Å². The van der Waals surface area contributed by atoms with Gasteiger partial charge in [-0.05, 0) is 67.4 Å². The molecule has 6 aromatic heterocycles. The molecular formula is C44H46N11O6+. The topological polar surface area (TPSA) is 196 Å². The fourth-order valence-corrected chi connectivity index (χ4v) is 7.80. The van der Waals surface area contributed by atoms with Gasteiger partial charge in [0.2, 0.25) is 18.1 Å². The zero-order valence-electron chi connectivity index (χ0n) is 34.0. The Bertz CT molecular complexity index is 2720. The minimum Gasteiger partial charge on any atom is -0.497 e. The van der Waals surface area contributed by atoms with Gasteiger partial charge in [0.05, 0.1) is 60.7 Å². The van der Waals surface area contributed by atoms with Crippen LogP contribution in [0.5, 0.6) is 5.75 Å². The number of H-pyrrole nitrogens is 1. The number of rotatable bonds is 12. The number of piperazine rings is 2. The number of allylic oxidation sites excluding steroid dienone is 1. The van der Waals surface area contributed by atoms with Crippen molar-refractivity contribution in [3.63, 3.8) is 0 Å². The van der Waals surface area contributed by atoms with Crippen molar-refractivity contribution in [2.75, 3.05) is 73.4 Å². The van der Waals surface area contributed by atoms with Gasteiger partial charge in [-0.15, -0.1) is 4.57 Å². The fourth-order valence-electron chi connectivity index (χ4n) is 7.80. The van der Waals surface area contributed by atoms with Gasteiger partial charge in [-0.1, -0.05) is 13.0 Å². The molecule has 0 aliphatic carbocycles. The number of carbonyl (C=O) groups is 2. The average Bonchev–Trinajstić information content (AvgIpc) is 4.13. The lowest BCUT2D eigenvalue weighted by Crippen LogP contribution is -2.59. The first-order valence-corrected chi connectivity index (χ1v) is 20.3. The van der Waals surface area contributed by atoms with Crippen molar-refractivity contribution in [2.45, 2.75) is 26.4 Å². The number of benzene rings is 1. The molecule has 61 heavy (non-hydrogen) atoms. The van der Waals surface area contributed by atoms with Crippen LogP contribution in [-0.2, 0) is 6.42 Å². The number of nitrogens with one attached hydrogen (secondary N) is 5. The molecule has 2 amide bonds. The Morgan fingerprint density at radius 2 is 1.64 bits per heavy atom. The maximum absolute atomic E-state index is 14.4. The van der Waals surface area contributed by atoms with Gasteiger partial charge in [0, 0.05) is 62.6 Å². The number of methoxy groups -OCH3 is 1. The SMILES string of the molecule is CC=Cc1oc(-c2cnc(C(=O)Nc3cnccc3N3CCNC([n+]4cc(-c5cc6cc(OC)ccc6[nH]5)oc4C(=O)Nc4cnccc4N4CCNCC4)C3)o2)cc1CC. The summed E-state index contributed by atoms with van der Waals surface area (Å²) in [6.45, 7) is 8.79. The number of fused-ring (bicyclic) bond motifs is 1. The van der Waals surface area contributed by atoms with Crippen LogP contribution < -0.4 is 40.4 Å². The number of aryl methyl sites for hydroxylation is 1. The summed E-state index contributed by atoms with van der Waals surface area (Å²) in [6, 6.07) is 13.4. The van der Waals surface area contributed by atoms with Crippen LogP contribution in [0.1, 0.15) is 52.7 Å². The van der Waals surface area contributed by atoms with Crippen molar-refractivity contribution in [3.05, 3.63) is 109 Å². The molecule has 2 aliphatic heterocycles. The van der Waals surface area contributed by atoms with E-state index in [9.17, 15) is 9.59 Å². The van der Waals surface area contributed by atoms with E-state index < -0.39 is 18.0 Å². The van der Waals surface area contributed by atoms with Gasteiger partial charge in [-0.3, -0.25) is 24.9 Å². The number of ether oxygens (including phenoxy) is 1. The quantitative estimate of drug-likeness (QED) is 0.0918. The van der Waals surface area contributed by atoms with Crippen LogP contribution >= 0.6 is 0 Å². The van der Waals surface area contributed by atoms with E-state index in [0.717, 1.165) is 72.0 Å². The van der Waals surface area contributed by atoms with Crippen LogP contribution in [0.15, 0.2) is 99.0 Å². The summed E-state index contributed by atoms with van der Waals surface area (Å²) in [7, 11) is 1.63. The molecule has 0 bridgehead atoms. The average molecular weight is 825 g/mol. The smallest absolute Gasteiger partial charge is 0.442 e. The summed E-state index contributed by atoms with van der Waals surface area (Å²) in [6.07, 6.45) is 14.1. The lowest BCUT2D eigenvalue weighted by molar-refractivity contribution is -0.730. The highest BCUT2D eigenvalue weighted by Gasteiger charge is 2.38. The molecule has 1 aromatic carbocycles. The zero-order chi connectivity index (χ0) is 41.9. The number of aromatic nitrogens is 5. The Kier molecular flexibility index (Phi) is 11.0. The molecular weight excluding hydrogens is 779 g/mol. The Hall–Kier alpha value is -7.24. The second-order valence-corrected chi connectivity index (χ2v) is 14.7. The molecule has 312 valence electrons. The third-order valence-electron chi connectivity index (χ3n) is 10.9. The van der Waals surface area contributed by atoms with E-state index >= 15 is 0 Å². The van der Waals surface area contributed by atoms with E-state index in [1.165, 1.54) is 6.20 Å². The number of oxazole rings is 2. The summed E-state index contributed by atoms with van der Waals surface area (Å²) >= 11 is 0. The Balaban J connectivity index is 0.995. The van der Waals surface area contributed by atoms with Crippen molar-refractivity contribution in [3.8, 4) is 28.7 Å². The second kappa shape index (κ2) is 17.2. The van der Waals surface area contributed by atoms with Gasteiger partial charge in [0.1, 0.15) is 11.5 Å². The highest BCUT2D eigenvalue weighted by molar-refractivity contribution is 6.03. The summed E-state index contributed by atoms with van der Waals surface area (Å²) < 4.78 is 25.6. The van der Waals surface area contributed by atoms with Crippen molar-refractivity contribution in [1.82, 2.24) is 30.6 Å². The van der Waals surface area contributed by atoms with E-state index in [1.807, 2.05) is 79.2 Å². The molecule has 5 N–H and O–H groups in total. The summed E-state index contributed by atoms with van der Waals surface area (Å²) in [4.78, 5) is 48.7. The number of nitrogens with zero attached hydrogens (tertiary/aromatic N) is 6. The molecule has 17 nitrogen and oxygen atoms in total. The molecule has 0 spiro atoms. The van der Waals surface area contributed by atoms with Crippen LogP contribution in [0.2, 0.25) is 0 Å². The molecule has 9 rings (SSSR count). The number of furan rings is 1. The first-order valence-electron chi connectivity index (χ1n) is 20.3. The molecule has 1 atom stereocenters. The van der Waals surface area contributed by atoms with E-state index in [0.29, 0.717) is 54.0 Å². The number of pyridine rings is 2. The minimum absolute atomic E-state index is 0.0871. The third kappa shape index (κ3) is 8.07. The van der Waals surface area contributed by atoms with E-state index in [1.54, 1.807) is 31.9 Å². The molecule has 0 radical (unpaired) electrons.